The standard InChI is InChI=1S/C17H28N4OS/c1-21-8-2-5-13(16(21)15-7-4-10-23-15)11-19-17(18)20-12-14-6-3-9-22-14/h4,7,10,13-14,16H,2-3,5-6,8-9,11-12H2,1H3,(H3,18,19,20). The lowest BCUT2D eigenvalue weighted by atomic mass is 9.88. The third-order valence-electron chi connectivity index (χ3n) is 4.87. The maximum absolute atomic E-state index is 6.04. The van der Waals surface area contributed by atoms with Crippen LogP contribution >= 0.6 is 11.3 Å². The van der Waals surface area contributed by atoms with Crippen LogP contribution in [0.2, 0.25) is 0 Å². The molecule has 1 aromatic rings. The van der Waals surface area contributed by atoms with E-state index < -0.39 is 0 Å². The maximum Gasteiger partial charge on any atom is 0.188 e. The van der Waals surface area contributed by atoms with E-state index in [-0.39, 0.29) is 0 Å². The minimum atomic E-state index is 0.295. The Morgan fingerprint density at radius 3 is 3.13 bits per heavy atom. The molecule has 0 aromatic carbocycles. The highest BCUT2D eigenvalue weighted by molar-refractivity contribution is 7.10. The summed E-state index contributed by atoms with van der Waals surface area (Å²) in [5.74, 6) is 1.09. The van der Waals surface area contributed by atoms with Gasteiger partial charge in [-0.15, -0.1) is 11.3 Å². The molecule has 0 spiro atoms. The number of thiophene rings is 1. The highest BCUT2D eigenvalue weighted by Crippen LogP contribution is 2.37. The van der Waals surface area contributed by atoms with Crippen LogP contribution in [0.5, 0.6) is 0 Å². The van der Waals surface area contributed by atoms with Gasteiger partial charge < -0.3 is 15.8 Å². The van der Waals surface area contributed by atoms with Crippen molar-refractivity contribution in [3.05, 3.63) is 22.4 Å². The SMILES string of the molecule is CN1CCCC(CN=C(N)NCC2CCCO2)C1c1cccs1. The third kappa shape index (κ3) is 4.46. The van der Waals surface area contributed by atoms with Crippen molar-refractivity contribution in [2.75, 3.05) is 33.3 Å². The predicted octanol–water partition coefficient (Wildman–Crippen LogP) is 2.21. The molecule has 0 saturated carbocycles. The minimum Gasteiger partial charge on any atom is -0.376 e. The Bertz CT molecular complexity index is 499. The second kappa shape index (κ2) is 8.13. The molecule has 0 amide bonds. The number of aliphatic imine (C=N–C) groups is 1. The Morgan fingerprint density at radius 1 is 1.48 bits per heavy atom. The molecule has 0 radical (unpaired) electrons. The van der Waals surface area contributed by atoms with E-state index in [4.69, 9.17) is 10.5 Å². The average molecular weight is 337 g/mol. The van der Waals surface area contributed by atoms with Gasteiger partial charge in [0.15, 0.2) is 5.96 Å². The summed E-state index contributed by atoms with van der Waals surface area (Å²) in [6.45, 7) is 3.60. The van der Waals surface area contributed by atoms with Gasteiger partial charge in [0.25, 0.3) is 0 Å². The number of rotatable bonds is 5. The Kier molecular flexibility index (Phi) is 5.91. The molecular formula is C17H28N4OS. The van der Waals surface area contributed by atoms with Crippen LogP contribution in [0.15, 0.2) is 22.5 Å². The van der Waals surface area contributed by atoms with Gasteiger partial charge in [0.05, 0.1) is 6.10 Å². The van der Waals surface area contributed by atoms with Crippen molar-refractivity contribution in [3.63, 3.8) is 0 Å². The number of guanidine groups is 1. The van der Waals surface area contributed by atoms with Gasteiger partial charge in [-0.3, -0.25) is 9.89 Å². The zero-order chi connectivity index (χ0) is 16.1. The van der Waals surface area contributed by atoms with Crippen molar-refractivity contribution >= 4 is 17.3 Å². The average Bonchev–Trinajstić information content (AvgIpc) is 3.24. The van der Waals surface area contributed by atoms with Crippen LogP contribution in [0.3, 0.4) is 0 Å². The zero-order valence-corrected chi connectivity index (χ0v) is 14.7. The molecule has 2 aliphatic heterocycles. The minimum absolute atomic E-state index is 0.295. The molecule has 3 atom stereocenters. The van der Waals surface area contributed by atoms with Gasteiger partial charge in [-0.05, 0) is 56.6 Å². The van der Waals surface area contributed by atoms with E-state index in [1.807, 2.05) is 11.3 Å². The first-order valence-electron chi connectivity index (χ1n) is 8.63. The zero-order valence-electron chi connectivity index (χ0n) is 13.9. The van der Waals surface area contributed by atoms with E-state index in [0.717, 1.165) is 39.1 Å². The fourth-order valence-corrected chi connectivity index (χ4v) is 4.64. The first kappa shape index (κ1) is 16.7. The fraction of sp³-hybridized carbons (Fsp3) is 0.706. The smallest absolute Gasteiger partial charge is 0.188 e. The van der Waals surface area contributed by atoms with Crippen LogP contribution < -0.4 is 11.1 Å². The molecule has 0 bridgehead atoms. The Hall–Kier alpha value is -1.11. The summed E-state index contributed by atoms with van der Waals surface area (Å²) in [4.78, 5) is 8.52. The fourth-order valence-electron chi connectivity index (χ4n) is 3.66. The van der Waals surface area contributed by atoms with Gasteiger partial charge in [-0.25, -0.2) is 0 Å². The number of nitrogens with two attached hydrogens (primary N) is 1. The first-order valence-corrected chi connectivity index (χ1v) is 9.51. The normalized spacial score (nSPS) is 29.8. The van der Waals surface area contributed by atoms with Gasteiger partial charge in [-0.2, -0.15) is 0 Å². The molecule has 128 valence electrons. The highest BCUT2D eigenvalue weighted by atomic mass is 32.1. The van der Waals surface area contributed by atoms with E-state index in [2.05, 4.69) is 39.8 Å². The highest BCUT2D eigenvalue weighted by Gasteiger charge is 2.31. The molecule has 3 heterocycles. The Balaban J connectivity index is 1.55. The van der Waals surface area contributed by atoms with Crippen molar-refractivity contribution < 1.29 is 4.74 Å². The second-order valence-corrected chi connectivity index (χ2v) is 7.56. The van der Waals surface area contributed by atoms with Crippen molar-refractivity contribution in [1.82, 2.24) is 10.2 Å². The summed E-state index contributed by atoms with van der Waals surface area (Å²) in [7, 11) is 2.22. The van der Waals surface area contributed by atoms with Crippen molar-refractivity contribution in [1.29, 1.82) is 0 Å². The molecule has 3 unspecified atom stereocenters. The van der Waals surface area contributed by atoms with Crippen LogP contribution in [-0.4, -0.2) is 50.3 Å². The van der Waals surface area contributed by atoms with Gasteiger partial charge in [0, 0.05) is 30.6 Å². The molecule has 0 aliphatic carbocycles. The maximum atomic E-state index is 6.04. The number of nitrogens with one attached hydrogen (secondary N) is 1. The van der Waals surface area contributed by atoms with Gasteiger partial charge in [0.1, 0.15) is 0 Å². The molecule has 23 heavy (non-hydrogen) atoms. The van der Waals surface area contributed by atoms with Crippen molar-refractivity contribution in [2.45, 2.75) is 37.8 Å². The summed E-state index contributed by atoms with van der Waals surface area (Å²) in [6.07, 6.45) is 5.02. The number of hydrogen-bond donors (Lipinski definition) is 2. The van der Waals surface area contributed by atoms with Crippen LogP contribution in [0.4, 0.5) is 0 Å². The number of likely N-dealkylation sites (tertiary alicyclic amines) is 1. The molecular weight excluding hydrogens is 308 g/mol. The Labute approximate surface area is 142 Å². The molecule has 2 fully saturated rings. The van der Waals surface area contributed by atoms with Crippen LogP contribution in [0.1, 0.15) is 36.6 Å². The summed E-state index contributed by atoms with van der Waals surface area (Å²) >= 11 is 1.84. The predicted molar refractivity (Wildman–Crippen MR) is 95.9 cm³/mol. The number of hydrogen-bond acceptors (Lipinski definition) is 4. The molecule has 3 N–H and O–H groups in total. The first-order chi connectivity index (χ1) is 11.2. The molecule has 3 rings (SSSR count). The molecule has 1 aromatic heterocycles. The second-order valence-electron chi connectivity index (χ2n) is 6.59. The van der Waals surface area contributed by atoms with Crippen LogP contribution in [-0.2, 0) is 4.74 Å². The largest absolute Gasteiger partial charge is 0.376 e. The van der Waals surface area contributed by atoms with Crippen molar-refractivity contribution in [3.8, 4) is 0 Å². The van der Waals surface area contributed by atoms with Gasteiger partial charge in [-0.1, -0.05) is 6.07 Å². The summed E-state index contributed by atoms with van der Waals surface area (Å²) in [6, 6.07) is 4.85. The number of piperidine rings is 1. The summed E-state index contributed by atoms with van der Waals surface area (Å²) in [5, 5.41) is 5.38. The lowest BCUT2D eigenvalue weighted by molar-refractivity contribution is 0.113. The summed E-state index contributed by atoms with van der Waals surface area (Å²) < 4.78 is 5.60. The van der Waals surface area contributed by atoms with Crippen LogP contribution in [0, 0.1) is 5.92 Å². The lowest BCUT2D eigenvalue weighted by Crippen LogP contribution is -2.39. The van der Waals surface area contributed by atoms with Crippen molar-refractivity contribution in [2.24, 2.45) is 16.6 Å². The number of ether oxygens (including phenoxy) is 1. The summed E-state index contributed by atoms with van der Waals surface area (Å²) in [5.41, 5.74) is 6.04. The Morgan fingerprint density at radius 2 is 2.39 bits per heavy atom. The molecule has 2 saturated heterocycles. The molecule has 6 heteroatoms. The third-order valence-corrected chi connectivity index (χ3v) is 5.82. The van der Waals surface area contributed by atoms with Crippen LogP contribution in [0.25, 0.3) is 0 Å². The quantitative estimate of drug-likeness (QED) is 0.639. The molecule has 5 nitrogen and oxygen atoms in total. The monoisotopic (exact) mass is 336 g/mol. The van der Waals surface area contributed by atoms with Gasteiger partial charge >= 0.3 is 0 Å². The number of nitrogens with zero attached hydrogens (tertiary/aromatic N) is 2. The van der Waals surface area contributed by atoms with E-state index in [0.29, 0.717) is 24.0 Å². The topological polar surface area (TPSA) is 62.9 Å². The van der Waals surface area contributed by atoms with E-state index in [1.54, 1.807) is 0 Å². The van der Waals surface area contributed by atoms with E-state index in [9.17, 15) is 0 Å². The van der Waals surface area contributed by atoms with Gasteiger partial charge in [0.2, 0.25) is 0 Å². The van der Waals surface area contributed by atoms with E-state index in [1.165, 1.54) is 17.7 Å². The lowest BCUT2D eigenvalue weighted by Gasteiger charge is -2.38. The molecule has 2 aliphatic rings. The van der Waals surface area contributed by atoms with E-state index >= 15 is 0 Å².